The van der Waals surface area contributed by atoms with E-state index in [9.17, 15) is 19.2 Å². The molecule has 0 saturated heterocycles. The van der Waals surface area contributed by atoms with Gasteiger partial charge < -0.3 is 25.8 Å². The van der Waals surface area contributed by atoms with Gasteiger partial charge in [-0.1, -0.05) is 48.5 Å². The number of hydrogen-bond donors (Lipinski definition) is 4. The molecule has 9 heteroatoms. The summed E-state index contributed by atoms with van der Waals surface area (Å²) in [5.74, 6) is -1.88. The van der Waals surface area contributed by atoms with Crippen molar-refractivity contribution < 1.29 is 29.0 Å². The first-order valence-electron chi connectivity index (χ1n) is 11.8. The molecule has 4 N–H and O–H groups in total. The standard InChI is InChI=1S/C26H29N3O6/c30-23(27-13-24(31)28-14-25(32)33)12-16-9-10-17(11-16)29-26(34)35-15-22-20-7-3-1-5-18(20)19-6-2-4-8-21(19)22/h1-8,16-17,22H,9-15H2,(H,27,30)(H,28,31)(H,29,34)(H,32,33)/t16-,17+/m0/s1. The molecular weight excluding hydrogens is 450 g/mol. The molecule has 4 rings (SSSR count). The minimum absolute atomic E-state index is 0.000807. The van der Waals surface area contributed by atoms with E-state index in [2.05, 4.69) is 40.2 Å². The van der Waals surface area contributed by atoms with Crippen molar-refractivity contribution in [1.29, 1.82) is 0 Å². The molecule has 2 aliphatic rings. The van der Waals surface area contributed by atoms with Crippen LogP contribution in [0.15, 0.2) is 48.5 Å². The second-order valence-corrected chi connectivity index (χ2v) is 9.00. The lowest BCUT2D eigenvalue weighted by molar-refractivity contribution is -0.137. The predicted octanol–water partition coefficient (Wildman–Crippen LogP) is 2.40. The zero-order valence-electron chi connectivity index (χ0n) is 19.3. The van der Waals surface area contributed by atoms with Crippen molar-refractivity contribution in [3.8, 4) is 11.1 Å². The van der Waals surface area contributed by atoms with E-state index in [4.69, 9.17) is 9.84 Å². The van der Waals surface area contributed by atoms with Crippen LogP contribution in [0.1, 0.15) is 42.7 Å². The van der Waals surface area contributed by atoms with Crippen molar-refractivity contribution in [2.24, 2.45) is 5.92 Å². The smallest absolute Gasteiger partial charge is 0.407 e. The number of nitrogens with one attached hydrogen (secondary N) is 3. The van der Waals surface area contributed by atoms with E-state index in [1.54, 1.807) is 0 Å². The van der Waals surface area contributed by atoms with E-state index in [0.717, 1.165) is 24.0 Å². The molecule has 1 saturated carbocycles. The number of carboxylic acids is 1. The Morgan fingerprint density at radius 3 is 2.14 bits per heavy atom. The Kier molecular flexibility index (Phi) is 7.64. The fourth-order valence-corrected chi connectivity index (χ4v) is 4.95. The molecule has 35 heavy (non-hydrogen) atoms. The van der Waals surface area contributed by atoms with Crippen LogP contribution in [-0.2, 0) is 19.1 Å². The molecule has 0 bridgehead atoms. The Morgan fingerprint density at radius 1 is 0.857 bits per heavy atom. The molecule has 0 radical (unpaired) electrons. The van der Waals surface area contributed by atoms with E-state index in [1.807, 2.05) is 24.3 Å². The van der Waals surface area contributed by atoms with E-state index in [0.29, 0.717) is 6.42 Å². The molecular formula is C26H29N3O6. The number of carbonyl (C=O) groups excluding carboxylic acids is 3. The minimum Gasteiger partial charge on any atom is -0.480 e. The molecule has 2 aromatic rings. The number of carbonyl (C=O) groups is 4. The number of benzene rings is 2. The summed E-state index contributed by atoms with van der Waals surface area (Å²) in [5, 5.41) is 16.2. The van der Waals surface area contributed by atoms with Crippen molar-refractivity contribution in [2.75, 3.05) is 19.7 Å². The first kappa shape index (κ1) is 24.3. The van der Waals surface area contributed by atoms with Crippen molar-refractivity contribution in [2.45, 2.75) is 37.6 Å². The van der Waals surface area contributed by atoms with Gasteiger partial charge in [0.1, 0.15) is 13.2 Å². The molecule has 0 heterocycles. The highest BCUT2D eigenvalue weighted by molar-refractivity contribution is 5.86. The molecule has 3 amide bonds. The maximum atomic E-state index is 12.5. The third kappa shape index (κ3) is 6.17. The largest absolute Gasteiger partial charge is 0.480 e. The second kappa shape index (κ2) is 11.0. The van der Waals surface area contributed by atoms with Crippen LogP contribution < -0.4 is 16.0 Å². The highest BCUT2D eigenvalue weighted by Crippen LogP contribution is 2.44. The normalized spacial score (nSPS) is 18.3. The summed E-state index contributed by atoms with van der Waals surface area (Å²) in [6.07, 6.45) is 1.98. The number of hydrogen-bond acceptors (Lipinski definition) is 5. The third-order valence-electron chi connectivity index (χ3n) is 6.56. The van der Waals surface area contributed by atoms with Crippen LogP contribution in [0, 0.1) is 5.92 Å². The van der Waals surface area contributed by atoms with Crippen LogP contribution >= 0.6 is 0 Å². The van der Waals surface area contributed by atoms with Gasteiger partial charge in [-0.15, -0.1) is 0 Å². The zero-order valence-corrected chi connectivity index (χ0v) is 19.3. The third-order valence-corrected chi connectivity index (χ3v) is 6.56. The molecule has 2 aromatic carbocycles. The van der Waals surface area contributed by atoms with Gasteiger partial charge >= 0.3 is 12.1 Å². The molecule has 2 atom stereocenters. The quantitative estimate of drug-likeness (QED) is 0.436. The van der Waals surface area contributed by atoms with Gasteiger partial charge in [-0.3, -0.25) is 14.4 Å². The summed E-state index contributed by atoms with van der Waals surface area (Å²) in [7, 11) is 0. The van der Waals surface area contributed by atoms with E-state index in [-0.39, 0.29) is 43.4 Å². The van der Waals surface area contributed by atoms with Crippen molar-refractivity contribution in [3.05, 3.63) is 59.7 Å². The lowest BCUT2D eigenvalue weighted by atomic mass is 9.98. The van der Waals surface area contributed by atoms with Crippen LogP contribution in [0.4, 0.5) is 4.79 Å². The molecule has 0 spiro atoms. The Bertz CT molecular complexity index is 1070. The molecule has 2 aliphatic carbocycles. The molecule has 0 aromatic heterocycles. The van der Waals surface area contributed by atoms with Crippen molar-refractivity contribution >= 4 is 23.9 Å². The van der Waals surface area contributed by atoms with Crippen LogP contribution in [0.5, 0.6) is 0 Å². The average Bonchev–Trinajstić information content (AvgIpc) is 3.41. The van der Waals surface area contributed by atoms with Crippen LogP contribution in [0.25, 0.3) is 11.1 Å². The number of ether oxygens (including phenoxy) is 1. The molecule has 0 aliphatic heterocycles. The summed E-state index contributed by atoms with van der Waals surface area (Å²) in [6.45, 7) is -0.497. The predicted molar refractivity (Wildman–Crippen MR) is 128 cm³/mol. The summed E-state index contributed by atoms with van der Waals surface area (Å²) in [4.78, 5) is 46.5. The van der Waals surface area contributed by atoms with Crippen LogP contribution in [0.2, 0.25) is 0 Å². The SMILES string of the molecule is O=C(O)CNC(=O)CNC(=O)C[C@H]1CC[C@@H](NC(=O)OCC2c3ccccc3-c3ccccc32)C1. The Balaban J connectivity index is 1.19. The number of fused-ring (bicyclic) bond motifs is 3. The number of alkyl carbamates (subject to hydrolysis) is 1. The Labute approximate surface area is 203 Å². The van der Waals surface area contributed by atoms with Gasteiger partial charge in [0.05, 0.1) is 6.54 Å². The van der Waals surface area contributed by atoms with Crippen LogP contribution in [-0.4, -0.2) is 54.7 Å². The first-order valence-corrected chi connectivity index (χ1v) is 11.8. The molecule has 184 valence electrons. The monoisotopic (exact) mass is 479 g/mol. The van der Waals surface area contributed by atoms with Crippen LogP contribution in [0.3, 0.4) is 0 Å². The second-order valence-electron chi connectivity index (χ2n) is 9.00. The Hall–Kier alpha value is -3.88. The van der Waals surface area contributed by atoms with E-state index in [1.165, 1.54) is 11.1 Å². The fraction of sp³-hybridized carbons (Fsp3) is 0.385. The maximum absolute atomic E-state index is 12.5. The number of carboxylic acid groups (broad SMARTS) is 1. The molecule has 1 fully saturated rings. The lowest BCUT2D eigenvalue weighted by Crippen LogP contribution is -2.39. The van der Waals surface area contributed by atoms with Gasteiger partial charge in [0.15, 0.2) is 0 Å². The minimum atomic E-state index is -1.15. The summed E-state index contributed by atoms with van der Waals surface area (Å²) in [5.41, 5.74) is 4.66. The molecule has 0 unspecified atom stereocenters. The van der Waals surface area contributed by atoms with Gasteiger partial charge in [-0.2, -0.15) is 0 Å². The van der Waals surface area contributed by atoms with Gasteiger partial charge in [-0.25, -0.2) is 4.79 Å². The van der Waals surface area contributed by atoms with E-state index >= 15 is 0 Å². The highest BCUT2D eigenvalue weighted by Gasteiger charge is 2.31. The zero-order chi connectivity index (χ0) is 24.8. The summed E-state index contributed by atoms with van der Waals surface area (Å²) in [6, 6.07) is 16.3. The molecule has 9 nitrogen and oxygen atoms in total. The first-order chi connectivity index (χ1) is 16.9. The topological polar surface area (TPSA) is 134 Å². The lowest BCUT2D eigenvalue weighted by Gasteiger charge is -2.17. The number of rotatable bonds is 9. The summed E-state index contributed by atoms with van der Waals surface area (Å²) < 4.78 is 5.61. The highest BCUT2D eigenvalue weighted by atomic mass is 16.5. The van der Waals surface area contributed by atoms with E-state index < -0.39 is 24.5 Å². The number of aliphatic carboxylic acids is 1. The van der Waals surface area contributed by atoms with Gasteiger partial charge in [0.2, 0.25) is 11.8 Å². The fourth-order valence-electron chi connectivity index (χ4n) is 4.95. The van der Waals surface area contributed by atoms with Crippen molar-refractivity contribution in [1.82, 2.24) is 16.0 Å². The number of amides is 3. The maximum Gasteiger partial charge on any atom is 0.407 e. The van der Waals surface area contributed by atoms with Gasteiger partial charge in [0, 0.05) is 18.4 Å². The van der Waals surface area contributed by atoms with Crippen molar-refractivity contribution in [3.63, 3.8) is 0 Å². The Morgan fingerprint density at radius 2 is 1.49 bits per heavy atom. The average molecular weight is 480 g/mol. The van der Waals surface area contributed by atoms with Gasteiger partial charge in [-0.05, 0) is 47.4 Å². The summed E-state index contributed by atoms with van der Waals surface area (Å²) >= 11 is 0. The van der Waals surface area contributed by atoms with Gasteiger partial charge in [0.25, 0.3) is 0 Å².